The Hall–Kier alpha value is -5.52. The number of nitrogens with zero attached hydrogens (tertiary/aromatic N) is 5. The van der Waals surface area contributed by atoms with Crippen LogP contribution in [0.2, 0.25) is 0 Å². The number of nitrogens with one attached hydrogen (secondary N) is 1. The van der Waals surface area contributed by atoms with Crippen molar-refractivity contribution in [3.05, 3.63) is 104 Å². The lowest BCUT2D eigenvalue weighted by atomic mass is 9.86. The standard InChI is InChI=1S/C33H31FN6O5.C6H14.C2H6/c1-18(41)20-10-11-29(35-15-20)37-27-14-26(38-39(6)31(27)43)23-8-7-9-28(24(23)17-45-19(2)42)40-32(44)30-21(16-36-40)12-22(13-25(30)34)33(3,4)5;1-4-5-6(2)3;1-2/h7-16H,17H2,1-6H3,(H,35,37);6H,4-5H2,1-3H3;1-2H3. The molecule has 0 aliphatic heterocycles. The molecule has 2 aromatic carbocycles. The normalized spacial score (nSPS) is 11.0. The molecule has 1 N–H and O–H groups in total. The predicted octanol–water partition coefficient (Wildman–Crippen LogP) is 8.46. The van der Waals surface area contributed by atoms with Crippen LogP contribution in [0.25, 0.3) is 27.7 Å². The molecule has 5 aromatic rings. The van der Waals surface area contributed by atoms with Gasteiger partial charge in [-0.15, -0.1) is 0 Å². The van der Waals surface area contributed by atoms with E-state index < -0.39 is 22.9 Å². The molecule has 0 saturated heterocycles. The van der Waals surface area contributed by atoms with Gasteiger partial charge in [-0.05, 0) is 60.2 Å². The van der Waals surface area contributed by atoms with Gasteiger partial charge in [0.05, 0.1) is 23.0 Å². The Balaban J connectivity index is 0.000000860. The molecule has 0 spiro atoms. The van der Waals surface area contributed by atoms with Gasteiger partial charge in [-0.2, -0.15) is 14.9 Å². The Labute approximate surface area is 310 Å². The Morgan fingerprint density at radius 2 is 1.68 bits per heavy atom. The summed E-state index contributed by atoms with van der Waals surface area (Å²) in [6, 6.07) is 12.7. The molecule has 3 aromatic heterocycles. The number of hydrogen-bond donors (Lipinski definition) is 1. The largest absolute Gasteiger partial charge is 0.461 e. The second-order valence-electron chi connectivity index (χ2n) is 13.8. The van der Waals surface area contributed by atoms with Gasteiger partial charge in [-0.1, -0.05) is 80.4 Å². The number of aromatic nitrogens is 5. The van der Waals surface area contributed by atoms with Gasteiger partial charge in [0.1, 0.15) is 23.9 Å². The summed E-state index contributed by atoms with van der Waals surface area (Å²) >= 11 is 0. The third-order valence-electron chi connectivity index (χ3n) is 8.14. The summed E-state index contributed by atoms with van der Waals surface area (Å²) in [6.45, 7) is 19.0. The lowest BCUT2D eigenvalue weighted by Gasteiger charge is -2.20. The number of aryl methyl sites for hydroxylation is 1. The molecule has 5 rings (SSSR count). The minimum Gasteiger partial charge on any atom is -0.461 e. The van der Waals surface area contributed by atoms with Crippen molar-refractivity contribution < 1.29 is 18.7 Å². The zero-order valence-corrected chi connectivity index (χ0v) is 32.6. The van der Waals surface area contributed by atoms with E-state index >= 15 is 4.39 Å². The SMILES string of the molecule is CC.CC(=O)OCc1c(-c2cc(Nc3ccc(C(C)=O)cn3)c(=O)n(C)n2)cccc1-n1ncc2cc(C(C)(C)C)cc(F)c2c1=O.CCCC(C)C. The molecule has 282 valence electrons. The van der Waals surface area contributed by atoms with Gasteiger partial charge in [0.25, 0.3) is 11.1 Å². The van der Waals surface area contributed by atoms with Gasteiger partial charge in [0.15, 0.2) is 5.78 Å². The van der Waals surface area contributed by atoms with Crippen molar-refractivity contribution in [2.24, 2.45) is 13.0 Å². The molecule has 0 radical (unpaired) electrons. The Bertz CT molecular complexity index is 2180. The highest BCUT2D eigenvalue weighted by molar-refractivity contribution is 5.94. The molecule has 0 unspecified atom stereocenters. The average Bonchev–Trinajstić information content (AvgIpc) is 3.10. The van der Waals surface area contributed by atoms with Crippen LogP contribution in [0, 0.1) is 11.7 Å². The summed E-state index contributed by atoms with van der Waals surface area (Å²) < 4.78 is 23.0. The highest BCUT2D eigenvalue weighted by Gasteiger charge is 2.22. The fourth-order valence-corrected chi connectivity index (χ4v) is 5.40. The van der Waals surface area contributed by atoms with Crippen LogP contribution in [-0.4, -0.2) is 36.3 Å². The number of carbonyl (C=O) groups is 2. The number of halogens is 1. The maximum Gasteiger partial charge on any atom is 0.302 e. The van der Waals surface area contributed by atoms with E-state index in [0.29, 0.717) is 33.6 Å². The van der Waals surface area contributed by atoms with Crippen molar-refractivity contribution in [2.45, 2.75) is 94.1 Å². The van der Waals surface area contributed by atoms with Gasteiger partial charge in [0.2, 0.25) is 0 Å². The molecule has 0 fully saturated rings. The molecule has 0 aliphatic rings. The fraction of sp³-hybridized carbons (Fsp3) is 0.390. The molecule has 0 bridgehead atoms. The topological polar surface area (TPSA) is 138 Å². The lowest BCUT2D eigenvalue weighted by molar-refractivity contribution is -0.142. The highest BCUT2D eigenvalue weighted by Crippen LogP contribution is 2.30. The number of Topliss-reactive ketones (excluding diaryl/α,β-unsaturated/α-hetero) is 1. The van der Waals surface area contributed by atoms with Crippen LogP contribution in [0.15, 0.2) is 70.5 Å². The average molecular weight is 727 g/mol. The van der Waals surface area contributed by atoms with Crippen molar-refractivity contribution in [1.29, 1.82) is 0 Å². The van der Waals surface area contributed by atoms with E-state index in [0.717, 1.165) is 20.8 Å². The zero-order valence-electron chi connectivity index (χ0n) is 32.6. The Morgan fingerprint density at radius 1 is 0.981 bits per heavy atom. The lowest BCUT2D eigenvalue weighted by Crippen LogP contribution is -2.25. The van der Waals surface area contributed by atoms with Crippen molar-refractivity contribution in [2.75, 3.05) is 5.32 Å². The molecule has 53 heavy (non-hydrogen) atoms. The van der Waals surface area contributed by atoms with Gasteiger partial charge in [0, 0.05) is 42.2 Å². The van der Waals surface area contributed by atoms with Crippen molar-refractivity contribution in [1.82, 2.24) is 24.5 Å². The molecular formula is C41H51FN6O5. The maximum atomic E-state index is 15.4. The Morgan fingerprint density at radius 3 is 2.23 bits per heavy atom. The molecular weight excluding hydrogens is 675 g/mol. The summed E-state index contributed by atoms with van der Waals surface area (Å²) in [5.41, 5.74) is 1.12. The van der Waals surface area contributed by atoms with Crippen molar-refractivity contribution >= 4 is 34.0 Å². The first-order valence-electron chi connectivity index (χ1n) is 17.8. The van der Waals surface area contributed by atoms with Gasteiger partial charge < -0.3 is 10.1 Å². The van der Waals surface area contributed by atoms with Crippen LogP contribution in [0.4, 0.5) is 15.9 Å². The van der Waals surface area contributed by atoms with Crippen LogP contribution in [-0.2, 0) is 28.6 Å². The quantitative estimate of drug-likeness (QED) is 0.117. The number of ketones is 1. The number of anilines is 2. The second kappa shape index (κ2) is 18.3. The molecule has 12 heteroatoms. The van der Waals surface area contributed by atoms with Crippen molar-refractivity contribution in [3.8, 4) is 16.9 Å². The molecule has 0 aliphatic carbocycles. The summed E-state index contributed by atoms with van der Waals surface area (Å²) in [7, 11) is 1.48. The van der Waals surface area contributed by atoms with Crippen LogP contribution < -0.4 is 16.4 Å². The first-order chi connectivity index (χ1) is 25.0. The van der Waals surface area contributed by atoms with E-state index in [2.05, 4.69) is 41.3 Å². The number of fused-ring (bicyclic) bond motifs is 1. The summed E-state index contributed by atoms with van der Waals surface area (Å²) in [5, 5.41) is 12.0. The van der Waals surface area contributed by atoms with E-state index in [1.165, 1.54) is 58.3 Å². The van der Waals surface area contributed by atoms with Crippen molar-refractivity contribution in [3.63, 3.8) is 0 Å². The van der Waals surface area contributed by atoms with Gasteiger partial charge in [-0.25, -0.2) is 14.1 Å². The molecule has 0 atom stereocenters. The van der Waals surface area contributed by atoms with E-state index in [-0.39, 0.29) is 34.6 Å². The number of rotatable bonds is 9. The summed E-state index contributed by atoms with van der Waals surface area (Å²) in [5.74, 6) is -0.154. The Kier molecular flexibility index (Phi) is 14.5. The number of carbonyl (C=O) groups excluding carboxylic acids is 2. The maximum absolute atomic E-state index is 15.4. The second-order valence-corrected chi connectivity index (χ2v) is 13.8. The summed E-state index contributed by atoms with van der Waals surface area (Å²) in [4.78, 5) is 54.4. The molecule has 0 amide bonds. The minimum atomic E-state index is -0.692. The van der Waals surface area contributed by atoms with Gasteiger partial charge >= 0.3 is 5.97 Å². The third-order valence-corrected chi connectivity index (χ3v) is 8.14. The van der Waals surface area contributed by atoms with Crippen LogP contribution in [0.1, 0.15) is 104 Å². The van der Waals surface area contributed by atoms with Crippen LogP contribution in [0.3, 0.4) is 0 Å². The first-order valence-corrected chi connectivity index (χ1v) is 17.8. The summed E-state index contributed by atoms with van der Waals surface area (Å²) in [6.07, 6.45) is 5.53. The number of ether oxygens (including phenoxy) is 1. The fourth-order valence-electron chi connectivity index (χ4n) is 5.40. The molecule has 3 heterocycles. The smallest absolute Gasteiger partial charge is 0.302 e. The molecule has 0 saturated carbocycles. The van der Waals surface area contributed by atoms with E-state index in [4.69, 9.17) is 4.74 Å². The monoisotopic (exact) mass is 726 g/mol. The van der Waals surface area contributed by atoms with Crippen LogP contribution >= 0.6 is 0 Å². The van der Waals surface area contributed by atoms with E-state index in [1.54, 1.807) is 36.4 Å². The minimum absolute atomic E-state index is 0.128. The number of pyridine rings is 1. The van der Waals surface area contributed by atoms with E-state index in [1.807, 2.05) is 34.6 Å². The zero-order chi connectivity index (χ0) is 39.6. The van der Waals surface area contributed by atoms with E-state index in [9.17, 15) is 19.2 Å². The predicted molar refractivity (Wildman–Crippen MR) is 209 cm³/mol. The van der Waals surface area contributed by atoms with Crippen LogP contribution in [0.5, 0.6) is 0 Å². The highest BCUT2D eigenvalue weighted by atomic mass is 19.1. The number of hydrogen-bond acceptors (Lipinski definition) is 9. The number of benzene rings is 2. The molecule has 11 nitrogen and oxygen atoms in total. The third kappa shape index (κ3) is 10.5. The first kappa shape index (κ1) is 41.9. The van der Waals surface area contributed by atoms with Gasteiger partial charge in [-0.3, -0.25) is 19.2 Å². The number of esters is 1.